The van der Waals surface area contributed by atoms with Crippen molar-refractivity contribution in [2.45, 2.75) is 13.8 Å². The highest BCUT2D eigenvalue weighted by atomic mass is 32.2. The van der Waals surface area contributed by atoms with Gasteiger partial charge in [0.15, 0.2) is 0 Å². The molecule has 2 N–H and O–H groups in total. The van der Waals surface area contributed by atoms with Crippen LogP contribution in [0.25, 0.3) is 6.08 Å². The molecule has 0 atom stereocenters. The van der Waals surface area contributed by atoms with Crippen molar-refractivity contribution in [3.8, 4) is 5.75 Å². The molecule has 3 rings (SSSR count). The highest BCUT2D eigenvalue weighted by molar-refractivity contribution is 8.26. The number of thioether (sulfide) groups is 1. The minimum absolute atomic E-state index is 0.280. The zero-order chi connectivity index (χ0) is 22.4. The summed E-state index contributed by atoms with van der Waals surface area (Å²) < 4.78 is 5.69. The molecule has 7 nitrogen and oxygen atoms in total. The highest BCUT2D eigenvalue weighted by Gasteiger charge is 2.33. The van der Waals surface area contributed by atoms with E-state index in [1.54, 1.807) is 31.2 Å². The Balaban J connectivity index is 1.58. The summed E-state index contributed by atoms with van der Waals surface area (Å²) in [6.07, 6.45) is 1.72. The van der Waals surface area contributed by atoms with Crippen molar-refractivity contribution in [3.05, 3.63) is 70.1 Å². The van der Waals surface area contributed by atoms with Crippen LogP contribution in [0.3, 0.4) is 0 Å². The minimum Gasteiger partial charge on any atom is -0.494 e. The number of hydrogen-bond acceptors (Lipinski definition) is 6. The van der Waals surface area contributed by atoms with E-state index in [0.717, 1.165) is 28.6 Å². The number of nitrogens with one attached hydrogen (secondary N) is 2. The number of benzene rings is 2. The molecule has 160 valence electrons. The first-order valence-electron chi connectivity index (χ1n) is 9.52. The fourth-order valence-corrected chi connectivity index (χ4v) is 4.07. The van der Waals surface area contributed by atoms with Crippen LogP contribution in [-0.4, -0.2) is 40.1 Å². The van der Waals surface area contributed by atoms with Gasteiger partial charge in [0, 0.05) is 5.56 Å². The quantitative estimate of drug-likeness (QED) is 0.396. The summed E-state index contributed by atoms with van der Waals surface area (Å²) in [7, 11) is 0. The van der Waals surface area contributed by atoms with Crippen LogP contribution in [0.5, 0.6) is 5.75 Å². The van der Waals surface area contributed by atoms with Gasteiger partial charge in [0.1, 0.15) is 16.6 Å². The number of aryl methyl sites for hydroxylation is 1. The second kappa shape index (κ2) is 10.2. The normalized spacial score (nSPS) is 14.6. The van der Waals surface area contributed by atoms with Gasteiger partial charge in [0.2, 0.25) is 0 Å². The van der Waals surface area contributed by atoms with Crippen molar-refractivity contribution < 1.29 is 19.1 Å². The fourth-order valence-electron chi connectivity index (χ4n) is 2.82. The van der Waals surface area contributed by atoms with Crippen LogP contribution in [0.4, 0.5) is 0 Å². The lowest BCUT2D eigenvalue weighted by molar-refractivity contribution is -0.129. The maximum Gasteiger partial charge on any atom is 0.269 e. The van der Waals surface area contributed by atoms with E-state index in [4.69, 9.17) is 17.0 Å². The number of nitrogens with zero attached hydrogens (tertiary/aromatic N) is 1. The van der Waals surface area contributed by atoms with Gasteiger partial charge in [-0.3, -0.25) is 30.1 Å². The summed E-state index contributed by atoms with van der Waals surface area (Å²) in [4.78, 5) is 38.8. The van der Waals surface area contributed by atoms with E-state index in [2.05, 4.69) is 10.9 Å². The van der Waals surface area contributed by atoms with E-state index in [1.807, 2.05) is 37.3 Å². The molecule has 3 amide bonds. The number of carbonyl (C=O) groups excluding carboxylic acids is 3. The van der Waals surface area contributed by atoms with Gasteiger partial charge in [0.05, 0.1) is 11.5 Å². The number of rotatable bonds is 6. The van der Waals surface area contributed by atoms with Crippen LogP contribution in [-0.2, 0) is 9.59 Å². The molecule has 1 aliphatic rings. The SMILES string of the molecule is CCOc1ccc(/C=C2\SC(=S)N(CC(=O)NNC(=O)c3ccccc3C)C2=O)cc1. The molecule has 0 bridgehead atoms. The molecule has 0 unspecified atom stereocenters. The van der Waals surface area contributed by atoms with Crippen LogP contribution in [0.2, 0.25) is 0 Å². The lowest BCUT2D eigenvalue weighted by atomic mass is 10.1. The van der Waals surface area contributed by atoms with Gasteiger partial charge >= 0.3 is 0 Å². The first-order chi connectivity index (χ1) is 14.9. The van der Waals surface area contributed by atoms with Crippen LogP contribution < -0.4 is 15.6 Å². The van der Waals surface area contributed by atoms with Gasteiger partial charge in [-0.25, -0.2) is 0 Å². The molecule has 0 radical (unpaired) electrons. The third-order valence-electron chi connectivity index (χ3n) is 4.37. The lowest BCUT2D eigenvalue weighted by Crippen LogP contribution is -2.47. The average Bonchev–Trinajstić information content (AvgIpc) is 3.01. The van der Waals surface area contributed by atoms with Crippen molar-refractivity contribution in [1.82, 2.24) is 15.8 Å². The van der Waals surface area contributed by atoms with E-state index in [9.17, 15) is 14.4 Å². The molecule has 2 aromatic carbocycles. The van der Waals surface area contributed by atoms with E-state index in [0.29, 0.717) is 17.1 Å². The first kappa shape index (κ1) is 22.5. The summed E-state index contributed by atoms with van der Waals surface area (Å²) in [6.45, 7) is 3.99. The molecule has 1 aliphatic heterocycles. The first-order valence-corrected chi connectivity index (χ1v) is 10.7. The third kappa shape index (κ3) is 5.71. The minimum atomic E-state index is -0.555. The van der Waals surface area contributed by atoms with E-state index in [1.165, 1.54) is 4.90 Å². The van der Waals surface area contributed by atoms with Crippen LogP contribution in [0.15, 0.2) is 53.4 Å². The van der Waals surface area contributed by atoms with Crippen molar-refractivity contribution in [1.29, 1.82) is 0 Å². The smallest absolute Gasteiger partial charge is 0.269 e. The second-order valence-corrected chi connectivity index (χ2v) is 8.26. The Labute approximate surface area is 189 Å². The average molecular weight is 456 g/mol. The Hall–Kier alpha value is -3.17. The molecule has 1 saturated heterocycles. The van der Waals surface area contributed by atoms with Gasteiger partial charge < -0.3 is 4.74 Å². The molecule has 1 fully saturated rings. The fraction of sp³-hybridized carbons (Fsp3) is 0.182. The predicted octanol–water partition coefficient (Wildman–Crippen LogP) is 3.06. The molecule has 0 aliphatic carbocycles. The molecular formula is C22H21N3O4S2. The summed E-state index contributed by atoms with van der Waals surface area (Å²) in [5, 5.41) is 0. The molecule has 2 aromatic rings. The number of carbonyl (C=O) groups is 3. The van der Waals surface area contributed by atoms with Crippen molar-refractivity contribution in [2.75, 3.05) is 13.2 Å². The highest BCUT2D eigenvalue weighted by Crippen LogP contribution is 2.32. The van der Waals surface area contributed by atoms with Gasteiger partial charge in [-0.2, -0.15) is 0 Å². The lowest BCUT2D eigenvalue weighted by Gasteiger charge is -2.15. The second-order valence-electron chi connectivity index (χ2n) is 6.59. The van der Waals surface area contributed by atoms with Gasteiger partial charge in [-0.15, -0.1) is 0 Å². The number of hydrogen-bond donors (Lipinski definition) is 2. The van der Waals surface area contributed by atoms with E-state index >= 15 is 0 Å². The van der Waals surface area contributed by atoms with Gasteiger partial charge in [0.25, 0.3) is 17.7 Å². The van der Waals surface area contributed by atoms with E-state index in [-0.39, 0.29) is 16.8 Å². The maximum absolute atomic E-state index is 12.7. The van der Waals surface area contributed by atoms with E-state index < -0.39 is 11.8 Å². The summed E-state index contributed by atoms with van der Waals surface area (Å²) in [5.74, 6) is -0.603. The summed E-state index contributed by atoms with van der Waals surface area (Å²) >= 11 is 6.38. The third-order valence-corrected chi connectivity index (χ3v) is 5.75. The zero-order valence-electron chi connectivity index (χ0n) is 17.0. The molecule has 0 saturated carbocycles. The topological polar surface area (TPSA) is 87.7 Å². The standard InChI is InChI=1S/C22H21N3O4S2/c1-3-29-16-10-8-15(9-11-16)12-18-21(28)25(22(30)31-18)13-19(26)23-24-20(27)17-7-5-4-6-14(17)2/h4-12H,3,13H2,1-2H3,(H,23,26)(H,24,27)/b18-12-. The Morgan fingerprint density at radius 3 is 2.52 bits per heavy atom. The predicted molar refractivity (Wildman–Crippen MR) is 124 cm³/mol. The van der Waals surface area contributed by atoms with Crippen LogP contribution in [0.1, 0.15) is 28.4 Å². The maximum atomic E-state index is 12.7. The van der Waals surface area contributed by atoms with Gasteiger partial charge in [-0.1, -0.05) is 54.3 Å². The summed E-state index contributed by atoms with van der Waals surface area (Å²) in [5.41, 5.74) is 6.73. The monoisotopic (exact) mass is 455 g/mol. The number of hydrazine groups is 1. The zero-order valence-corrected chi connectivity index (χ0v) is 18.6. The number of amides is 3. The largest absolute Gasteiger partial charge is 0.494 e. The van der Waals surface area contributed by atoms with Gasteiger partial charge in [-0.05, 0) is 49.2 Å². The molecule has 1 heterocycles. The van der Waals surface area contributed by atoms with Crippen molar-refractivity contribution in [3.63, 3.8) is 0 Å². The van der Waals surface area contributed by atoms with Crippen LogP contribution >= 0.6 is 24.0 Å². The molecular weight excluding hydrogens is 434 g/mol. The van der Waals surface area contributed by atoms with Crippen molar-refractivity contribution in [2.24, 2.45) is 0 Å². The molecule has 0 spiro atoms. The summed E-state index contributed by atoms with van der Waals surface area (Å²) in [6, 6.07) is 14.3. The number of thiocarbonyl (C=S) groups is 1. The Bertz CT molecular complexity index is 1050. The molecule has 9 heteroatoms. The Morgan fingerprint density at radius 2 is 1.84 bits per heavy atom. The molecule has 0 aromatic heterocycles. The Morgan fingerprint density at radius 1 is 1.13 bits per heavy atom. The Kier molecular flexibility index (Phi) is 7.43. The number of ether oxygens (including phenoxy) is 1. The molecule has 31 heavy (non-hydrogen) atoms. The van der Waals surface area contributed by atoms with Crippen molar-refractivity contribution >= 4 is 52.1 Å². The van der Waals surface area contributed by atoms with Crippen LogP contribution in [0, 0.1) is 6.92 Å².